The van der Waals surface area contributed by atoms with E-state index in [4.69, 9.17) is 0 Å². The smallest absolute Gasteiger partial charge is 0.0681 e. The van der Waals surface area contributed by atoms with Crippen molar-refractivity contribution in [2.75, 3.05) is 0 Å². The molecule has 0 bridgehead atoms. The van der Waals surface area contributed by atoms with Crippen LogP contribution in [0.2, 0.25) is 0 Å². The molecule has 2 aromatic rings. The van der Waals surface area contributed by atoms with Gasteiger partial charge in [0.05, 0.1) is 6.61 Å². The number of hydrogen-bond donors (Lipinski definition) is 1. The van der Waals surface area contributed by atoms with Gasteiger partial charge in [-0.1, -0.05) is 80.6 Å². The van der Waals surface area contributed by atoms with Gasteiger partial charge in [-0.3, -0.25) is 0 Å². The topological polar surface area (TPSA) is 20.2 Å². The van der Waals surface area contributed by atoms with Gasteiger partial charge in [-0.2, -0.15) is 0 Å². The van der Waals surface area contributed by atoms with Crippen molar-refractivity contribution in [1.29, 1.82) is 0 Å². The maximum atomic E-state index is 9.48. The normalized spacial score (nSPS) is 13.3. The summed E-state index contributed by atoms with van der Waals surface area (Å²) in [6, 6.07) is 19.1. The number of aliphatic hydroxyl groups is 1. The summed E-state index contributed by atoms with van der Waals surface area (Å²) in [6.45, 7) is 6.91. The zero-order chi connectivity index (χ0) is 17.4. The molecule has 1 nitrogen and oxygen atoms in total. The molecule has 0 fully saturated rings. The van der Waals surface area contributed by atoms with Crippen LogP contribution in [0.1, 0.15) is 62.6 Å². The fourth-order valence-electron chi connectivity index (χ4n) is 3.32. The first-order chi connectivity index (χ1) is 11.6. The third kappa shape index (κ3) is 5.35. The summed E-state index contributed by atoms with van der Waals surface area (Å²) in [5.41, 5.74) is 3.90. The van der Waals surface area contributed by atoms with Crippen molar-refractivity contribution in [3.63, 3.8) is 0 Å². The first-order valence-corrected chi connectivity index (χ1v) is 8.91. The van der Waals surface area contributed by atoms with Gasteiger partial charge in [-0.25, -0.2) is 0 Å². The van der Waals surface area contributed by atoms with Crippen LogP contribution < -0.4 is 0 Å². The standard InChI is InChI=1S/C23H30O/c1-4-5-9-15-23(2,3)17-22(20-12-7-6-8-13-20)21-14-10-11-19(16-21)18-24/h4-8,10-14,16,22,24H,9,15,17-18H2,1-3H3/b5-4-. The van der Waals surface area contributed by atoms with Crippen LogP contribution in [0.5, 0.6) is 0 Å². The van der Waals surface area contributed by atoms with Crippen LogP contribution in [0, 0.1) is 5.41 Å². The van der Waals surface area contributed by atoms with Gasteiger partial charge >= 0.3 is 0 Å². The minimum Gasteiger partial charge on any atom is -0.392 e. The SMILES string of the molecule is C/C=C\CCC(C)(C)CC(c1ccccc1)c1cccc(CO)c1. The molecule has 1 N–H and O–H groups in total. The van der Waals surface area contributed by atoms with Crippen LogP contribution in [0.15, 0.2) is 66.7 Å². The zero-order valence-electron chi connectivity index (χ0n) is 15.2. The third-order valence-corrected chi connectivity index (χ3v) is 4.72. The Morgan fingerprint density at radius 2 is 1.71 bits per heavy atom. The molecule has 0 amide bonds. The minimum atomic E-state index is 0.0973. The minimum absolute atomic E-state index is 0.0973. The Kier molecular flexibility index (Phi) is 6.81. The maximum absolute atomic E-state index is 9.48. The Morgan fingerprint density at radius 3 is 2.38 bits per heavy atom. The van der Waals surface area contributed by atoms with Crippen LogP contribution in [0.4, 0.5) is 0 Å². The number of allylic oxidation sites excluding steroid dienone is 2. The number of hydrogen-bond acceptors (Lipinski definition) is 1. The molecular formula is C23H30O. The largest absolute Gasteiger partial charge is 0.392 e. The lowest BCUT2D eigenvalue weighted by molar-refractivity contribution is 0.281. The summed E-state index contributed by atoms with van der Waals surface area (Å²) in [6.07, 6.45) is 7.80. The van der Waals surface area contributed by atoms with Crippen molar-refractivity contribution >= 4 is 0 Å². The van der Waals surface area contributed by atoms with Crippen LogP contribution in [0.25, 0.3) is 0 Å². The monoisotopic (exact) mass is 322 g/mol. The Balaban J connectivity index is 2.29. The van der Waals surface area contributed by atoms with Gasteiger partial charge in [-0.05, 0) is 48.3 Å². The van der Waals surface area contributed by atoms with Gasteiger partial charge in [0.25, 0.3) is 0 Å². The average molecular weight is 322 g/mol. The lowest BCUT2D eigenvalue weighted by Gasteiger charge is -2.30. The second kappa shape index (κ2) is 8.84. The number of aliphatic hydroxyl groups excluding tert-OH is 1. The van der Waals surface area contributed by atoms with Crippen molar-refractivity contribution < 1.29 is 5.11 Å². The van der Waals surface area contributed by atoms with Crippen molar-refractivity contribution in [1.82, 2.24) is 0 Å². The fourth-order valence-corrected chi connectivity index (χ4v) is 3.32. The predicted octanol–water partition coefficient (Wildman–Crippen LogP) is 6.08. The summed E-state index contributed by atoms with van der Waals surface area (Å²) in [5.74, 6) is 0.360. The molecule has 2 aromatic carbocycles. The highest BCUT2D eigenvalue weighted by atomic mass is 16.3. The van der Waals surface area contributed by atoms with Gasteiger partial charge in [0.1, 0.15) is 0 Å². The van der Waals surface area contributed by atoms with E-state index < -0.39 is 0 Å². The van der Waals surface area contributed by atoms with Gasteiger partial charge in [0.2, 0.25) is 0 Å². The summed E-state index contributed by atoms with van der Waals surface area (Å²) in [4.78, 5) is 0. The molecular weight excluding hydrogens is 292 g/mol. The molecule has 1 atom stereocenters. The molecule has 0 aromatic heterocycles. The Bertz CT molecular complexity index is 640. The first kappa shape index (κ1) is 18.5. The second-order valence-electron chi connectivity index (χ2n) is 7.34. The van der Waals surface area contributed by atoms with E-state index in [1.807, 2.05) is 6.07 Å². The van der Waals surface area contributed by atoms with E-state index in [1.54, 1.807) is 0 Å². The molecule has 1 unspecified atom stereocenters. The molecule has 0 radical (unpaired) electrons. The van der Waals surface area contributed by atoms with E-state index in [1.165, 1.54) is 17.5 Å². The Morgan fingerprint density at radius 1 is 1.00 bits per heavy atom. The highest BCUT2D eigenvalue weighted by molar-refractivity contribution is 5.35. The molecule has 1 heteroatoms. The molecule has 2 rings (SSSR count). The molecule has 0 aliphatic carbocycles. The van der Waals surface area contributed by atoms with Crippen LogP contribution in [0.3, 0.4) is 0 Å². The second-order valence-corrected chi connectivity index (χ2v) is 7.34. The van der Waals surface area contributed by atoms with E-state index in [2.05, 4.69) is 81.5 Å². The molecule has 0 saturated heterocycles. The highest BCUT2D eigenvalue weighted by Gasteiger charge is 2.25. The summed E-state index contributed by atoms with van der Waals surface area (Å²) in [7, 11) is 0. The van der Waals surface area contributed by atoms with Crippen molar-refractivity contribution in [3.05, 3.63) is 83.4 Å². The molecule has 0 heterocycles. The van der Waals surface area contributed by atoms with Crippen LogP contribution in [-0.4, -0.2) is 5.11 Å². The van der Waals surface area contributed by atoms with Crippen LogP contribution in [-0.2, 0) is 6.61 Å². The number of benzene rings is 2. The predicted molar refractivity (Wildman–Crippen MR) is 103 cm³/mol. The van der Waals surface area contributed by atoms with Crippen molar-refractivity contribution in [3.8, 4) is 0 Å². The van der Waals surface area contributed by atoms with E-state index in [-0.39, 0.29) is 12.0 Å². The lowest BCUT2D eigenvalue weighted by atomic mass is 9.74. The fraction of sp³-hybridized carbons (Fsp3) is 0.391. The zero-order valence-corrected chi connectivity index (χ0v) is 15.2. The van der Waals surface area contributed by atoms with E-state index in [0.29, 0.717) is 5.92 Å². The third-order valence-electron chi connectivity index (χ3n) is 4.72. The lowest BCUT2D eigenvalue weighted by Crippen LogP contribution is -2.17. The number of rotatable bonds is 8. The van der Waals surface area contributed by atoms with Gasteiger partial charge in [0, 0.05) is 5.92 Å². The highest BCUT2D eigenvalue weighted by Crippen LogP contribution is 2.39. The molecule has 128 valence electrons. The van der Waals surface area contributed by atoms with Crippen molar-refractivity contribution in [2.24, 2.45) is 5.41 Å². The summed E-state index contributed by atoms with van der Waals surface area (Å²) < 4.78 is 0. The van der Waals surface area contributed by atoms with Crippen molar-refractivity contribution in [2.45, 2.75) is 52.6 Å². The Hall–Kier alpha value is -1.86. The summed E-state index contributed by atoms with van der Waals surface area (Å²) in [5, 5.41) is 9.48. The molecule has 0 spiro atoms. The van der Waals surface area contributed by atoms with E-state index in [9.17, 15) is 5.11 Å². The van der Waals surface area contributed by atoms with Gasteiger partial charge in [-0.15, -0.1) is 0 Å². The van der Waals surface area contributed by atoms with Gasteiger partial charge in [0.15, 0.2) is 0 Å². The van der Waals surface area contributed by atoms with Gasteiger partial charge < -0.3 is 5.11 Å². The molecule has 24 heavy (non-hydrogen) atoms. The van der Waals surface area contributed by atoms with E-state index >= 15 is 0 Å². The first-order valence-electron chi connectivity index (χ1n) is 8.91. The quantitative estimate of drug-likeness (QED) is 0.584. The Labute approximate surface area is 147 Å². The average Bonchev–Trinajstić information content (AvgIpc) is 2.60. The van der Waals surface area contributed by atoms with E-state index in [0.717, 1.165) is 18.4 Å². The maximum Gasteiger partial charge on any atom is 0.0681 e. The molecule has 0 aliphatic rings. The van der Waals surface area contributed by atoms with Crippen LogP contribution >= 0.6 is 0 Å². The summed E-state index contributed by atoms with van der Waals surface area (Å²) >= 11 is 0. The molecule has 0 saturated carbocycles. The molecule has 0 aliphatic heterocycles.